The lowest BCUT2D eigenvalue weighted by Crippen LogP contribution is -2.51. The van der Waals surface area contributed by atoms with Crippen molar-refractivity contribution in [2.75, 3.05) is 33.3 Å². The molecule has 1 aromatic heterocycles. The van der Waals surface area contributed by atoms with Gasteiger partial charge < -0.3 is 19.9 Å². The van der Waals surface area contributed by atoms with E-state index in [1.807, 2.05) is 41.8 Å². The van der Waals surface area contributed by atoms with Crippen molar-refractivity contribution in [1.82, 2.24) is 15.1 Å². The lowest BCUT2D eigenvalue weighted by atomic mass is 10.1. The number of ether oxygens (including phenoxy) is 1. The zero-order chi connectivity index (χ0) is 21.5. The first-order chi connectivity index (χ1) is 14.5. The van der Waals surface area contributed by atoms with Gasteiger partial charge in [-0.3, -0.25) is 14.4 Å². The van der Waals surface area contributed by atoms with Crippen LogP contribution in [0, 0.1) is 0 Å². The van der Waals surface area contributed by atoms with Gasteiger partial charge in [0.1, 0.15) is 5.75 Å². The summed E-state index contributed by atoms with van der Waals surface area (Å²) in [7, 11) is 1.60. The third-order valence-electron chi connectivity index (χ3n) is 5.12. The Balaban J connectivity index is 1.52. The fourth-order valence-corrected chi connectivity index (χ4v) is 4.31. The number of carbonyl (C=O) groups excluding carboxylic acids is 3. The summed E-state index contributed by atoms with van der Waals surface area (Å²) in [5, 5.41) is 4.80. The lowest BCUT2D eigenvalue weighted by Gasteiger charge is -2.35. The standard InChI is InChI=1S/C22H27N3O4S/c1-16(26)23-19(20-7-4-12-30-20)15-22(28)25-10-8-24(9-11-25)21(27)14-17-5-3-6-18(13-17)29-2/h3-7,12-13,19H,8-11,14-15H2,1-2H3,(H,23,26). The van der Waals surface area contributed by atoms with Crippen molar-refractivity contribution >= 4 is 29.1 Å². The monoisotopic (exact) mass is 429 g/mol. The van der Waals surface area contributed by atoms with Gasteiger partial charge in [0.05, 0.1) is 26.0 Å². The van der Waals surface area contributed by atoms with E-state index in [0.717, 1.165) is 16.2 Å². The molecule has 7 nitrogen and oxygen atoms in total. The molecule has 160 valence electrons. The van der Waals surface area contributed by atoms with Gasteiger partial charge in [0.2, 0.25) is 17.7 Å². The molecule has 2 heterocycles. The summed E-state index contributed by atoms with van der Waals surface area (Å²) in [6.07, 6.45) is 0.534. The molecule has 1 saturated heterocycles. The third-order valence-corrected chi connectivity index (χ3v) is 6.10. The Morgan fingerprint density at radius 1 is 1.07 bits per heavy atom. The van der Waals surface area contributed by atoms with E-state index in [1.54, 1.807) is 16.9 Å². The number of benzene rings is 1. The maximum Gasteiger partial charge on any atom is 0.227 e. The molecule has 1 atom stereocenters. The summed E-state index contributed by atoms with van der Waals surface area (Å²) in [4.78, 5) is 41.5. The van der Waals surface area contributed by atoms with Crippen molar-refractivity contribution in [3.8, 4) is 5.75 Å². The maximum absolute atomic E-state index is 12.8. The largest absolute Gasteiger partial charge is 0.497 e. The highest BCUT2D eigenvalue weighted by molar-refractivity contribution is 7.10. The van der Waals surface area contributed by atoms with Crippen molar-refractivity contribution < 1.29 is 19.1 Å². The first-order valence-electron chi connectivity index (χ1n) is 9.95. The first-order valence-corrected chi connectivity index (χ1v) is 10.8. The van der Waals surface area contributed by atoms with Crippen molar-refractivity contribution in [2.24, 2.45) is 0 Å². The van der Waals surface area contributed by atoms with Crippen LogP contribution >= 0.6 is 11.3 Å². The highest BCUT2D eigenvalue weighted by Gasteiger charge is 2.27. The second-order valence-corrected chi connectivity index (χ2v) is 8.24. The van der Waals surface area contributed by atoms with E-state index in [9.17, 15) is 14.4 Å². The number of piperazine rings is 1. The number of thiophene rings is 1. The molecule has 8 heteroatoms. The molecular weight excluding hydrogens is 402 g/mol. The normalized spacial score (nSPS) is 14.9. The van der Waals surface area contributed by atoms with Crippen LogP contribution in [-0.4, -0.2) is 60.8 Å². The second kappa shape index (κ2) is 10.2. The predicted octanol–water partition coefficient (Wildman–Crippen LogP) is 2.24. The Morgan fingerprint density at radius 2 is 1.77 bits per heavy atom. The van der Waals surface area contributed by atoms with Gasteiger partial charge in [-0.25, -0.2) is 0 Å². The fourth-order valence-electron chi connectivity index (χ4n) is 3.54. The molecule has 0 radical (unpaired) electrons. The van der Waals surface area contributed by atoms with Crippen molar-refractivity contribution in [1.29, 1.82) is 0 Å². The molecule has 1 fully saturated rings. The van der Waals surface area contributed by atoms with Crippen LogP contribution < -0.4 is 10.1 Å². The predicted molar refractivity (Wildman–Crippen MR) is 115 cm³/mol. The Bertz CT molecular complexity index is 876. The Hall–Kier alpha value is -2.87. The van der Waals surface area contributed by atoms with Crippen LogP contribution in [0.5, 0.6) is 5.75 Å². The molecule has 0 spiro atoms. The average molecular weight is 430 g/mol. The molecule has 3 amide bonds. The van der Waals surface area contributed by atoms with Gasteiger partial charge in [0.15, 0.2) is 0 Å². The van der Waals surface area contributed by atoms with Gasteiger partial charge in [0.25, 0.3) is 0 Å². The van der Waals surface area contributed by atoms with Crippen LogP contribution in [0.2, 0.25) is 0 Å². The molecule has 30 heavy (non-hydrogen) atoms. The SMILES string of the molecule is COc1cccc(CC(=O)N2CCN(C(=O)CC(NC(C)=O)c3cccs3)CC2)c1. The number of nitrogens with zero attached hydrogens (tertiary/aromatic N) is 2. The number of nitrogens with one attached hydrogen (secondary N) is 1. The summed E-state index contributed by atoms with van der Waals surface area (Å²) >= 11 is 1.52. The molecule has 2 aromatic rings. The molecular formula is C22H27N3O4S. The summed E-state index contributed by atoms with van der Waals surface area (Å²) < 4.78 is 5.21. The van der Waals surface area contributed by atoms with E-state index in [2.05, 4.69) is 5.32 Å². The van der Waals surface area contributed by atoms with E-state index < -0.39 is 0 Å². The fraction of sp³-hybridized carbons (Fsp3) is 0.409. The Morgan fingerprint density at radius 3 is 2.37 bits per heavy atom. The van der Waals surface area contributed by atoms with E-state index in [1.165, 1.54) is 18.3 Å². The van der Waals surface area contributed by atoms with E-state index in [4.69, 9.17) is 4.74 Å². The minimum absolute atomic E-state index is 0.0120. The van der Waals surface area contributed by atoms with Gasteiger partial charge >= 0.3 is 0 Å². The summed E-state index contributed by atoms with van der Waals surface area (Å²) in [6, 6.07) is 11.0. The number of carbonyl (C=O) groups is 3. The molecule has 1 aromatic carbocycles. The third kappa shape index (κ3) is 5.82. The minimum atomic E-state index is -0.317. The summed E-state index contributed by atoms with van der Waals surface area (Å²) in [5.74, 6) is 0.608. The van der Waals surface area contributed by atoms with Gasteiger partial charge in [-0.15, -0.1) is 11.3 Å². The summed E-state index contributed by atoms with van der Waals surface area (Å²) in [5.41, 5.74) is 0.909. The van der Waals surface area contributed by atoms with Crippen LogP contribution in [0.4, 0.5) is 0 Å². The number of hydrogen-bond donors (Lipinski definition) is 1. The van der Waals surface area contributed by atoms with E-state index in [-0.39, 0.29) is 30.2 Å². The Labute approximate surface area is 180 Å². The quantitative estimate of drug-likeness (QED) is 0.732. The zero-order valence-corrected chi connectivity index (χ0v) is 18.1. The molecule has 0 saturated carbocycles. The number of amides is 3. The Kier molecular flexibility index (Phi) is 7.46. The minimum Gasteiger partial charge on any atom is -0.497 e. The molecule has 3 rings (SSSR count). The number of methoxy groups -OCH3 is 1. The topological polar surface area (TPSA) is 79.0 Å². The first kappa shape index (κ1) is 21.8. The smallest absolute Gasteiger partial charge is 0.227 e. The van der Waals surface area contributed by atoms with Gasteiger partial charge in [0, 0.05) is 38.0 Å². The number of rotatable bonds is 7. The highest BCUT2D eigenvalue weighted by atomic mass is 32.1. The average Bonchev–Trinajstić information content (AvgIpc) is 3.28. The van der Waals surface area contributed by atoms with Crippen LogP contribution in [0.25, 0.3) is 0 Å². The lowest BCUT2D eigenvalue weighted by molar-refractivity contribution is -0.139. The van der Waals surface area contributed by atoms with Gasteiger partial charge in [-0.05, 0) is 29.1 Å². The zero-order valence-electron chi connectivity index (χ0n) is 17.3. The van der Waals surface area contributed by atoms with E-state index in [0.29, 0.717) is 32.6 Å². The number of hydrogen-bond acceptors (Lipinski definition) is 5. The molecule has 0 bridgehead atoms. The van der Waals surface area contributed by atoms with Crippen molar-refractivity contribution in [3.63, 3.8) is 0 Å². The van der Waals surface area contributed by atoms with Crippen LogP contribution in [-0.2, 0) is 20.8 Å². The second-order valence-electron chi connectivity index (χ2n) is 7.26. The van der Waals surface area contributed by atoms with Crippen molar-refractivity contribution in [2.45, 2.75) is 25.8 Å². The van der Waals surface area contributed by atoms with Crippen LogP contribution in [0.1, 0.15) is 29.8 Å². The van der Waals surface area contributed by atoms with E-state index >= 15 is 0 Å². The van der Waals surface area contributed by atoms with Crippen LogP contribution in [0.15, 0.2) is 41.8 Å². The van der Waals surface area contributed by atoms with Gasteiger partial charge in [-0.2, -0.15) is 0 Å². The van der Waals surface area contributed by atoms with Crippen LogP contribution in [0.3, 0.4) is 0 Å². The highest BCUT2D eigenvalue weighted by Crippen LogP contribution is 2.23. The van der Waals surface area contributed by atoms with Crippen molar-refractivity contribution in [3.05, 3.63) is 52.2 Å². The molecule has 0 aliphatic carbocycles. The molecule has 1 N–H and O–H groups in total. The molecule has 1 aliphatic rings. The molecule has 1 aliphatic heterocycles. The molecule has 1 unspecified atom stereocenters. The summed E-state index contributed by atoms with van der Waals surface area (Å²) in [6.45, 7) is 3.48. The van der Waals surface area contributed by atoms with Gasteiger partial charge in [-0.1, -0.05) is 18.2 Å². The maximum atomic E-state index is 12.8.